The van der Waals surface area contributed by atoms with Crippen molar-refractivity contribution in [1.29, 1.82) is 5.26 Å². The fraction of sp³-hybridized carbons (Fsp3) is 0.462. The predicted octanol–water partition coefficient (Wildman–Crippen LogP) is 3.40. The van der Waals surface area contributed by atoms with Crippen LogP contribution in [0.15, 0.2) is 12.1 Å². The minimum Gasteiger partial charge on any atom is -0.508 e. The molecule has 86 valence electrons. The predicted molar refractivity (Wildman–Crippen MR) is 68.5 cm³/mol. The summed E-state index contributed by atoms with van der Waals surface area (Å²) in [5.74, 6) is 1.67. The van der Waals surface area contributed by atoms with Crippen molar-refractivity contribution in [3.63, 3.8) is 0 Å². The second-order valence-electron chi connectivity index (χ2n) is 4.27. The number of nitrogens with zero attached hydrogens (tertiary/aromatic N) is 1. The van der Waals surface area contributed by atoms with Gasteiger partial charge >= 0.3 is 0 Å². The number of phenols is 1. The Morgan fingerprint density at radius 2 is 1.94 bits per heavy atom. The van der Waals surface area contributed by atoms with Crippen molar-refractivity contribution < 1.29 is 5.11 Å². The van der Waals surface area contributed by atoms with Crippen LogP contribution in [-0.4, -0.2) is 10.9 Å². The SMILES string of the molecule is Cc1cc(O)cc(C)c1CC(C)CSC#N. The average molecular weight is 235 g/mol. The van der Waals surface area contributed by atoms with Crippen molar-refractivity contribution in [2.24, 2.45) is 5.92 Å². The van der Waals surface area contributed by atoms with E-state index in [0.717, 1.165) is 23.3 Å². The van der Waals surface area contributed by atoms with Crippen LogP contribution in [0.5, 0.6) is 5.75 Å². The molecule has 0 fully saturated rings. The third-order valence-electron chi connectivity index (χ3n) is 2.67. The molecule has 1 N–H and O–H groups in total. The van der Waals surface area contributed by atoms with E-state index in [1.165, 1.54) is 17.3 Å². The van der Waals surface area contributed by atoms with Crippen molar-refractivity contribution >= 4 is 11.8 Å². The molecular formula is C13H17NOS. The summed E-state index contributed by atoms with van der Waals surface area (Å²) in [4.78, 5) is 0. The molecule has 0 heterocycles. The van der Waals surface area contributed by atoms with E-state index in [2.05, 4.69) is 12.3 Å². The number of aromatic hydroxyl groups is 1. The summed E-state index contributed by atoms with van der Waals surface area (Å²) in [7, 11) is 0. The quantitative estimate of drug-likeness (QED) is 0.813. The Bertz CT molecular complexity index is 386. The highest BCUT2D eigenvalue weighted by Crippen LogP contribution is 2.24. The lowest BCUT2D eigenvalue weighted by Gasteiger charge is -2.14. The van der Waals surface area contributed by atoms with Crippen LogP contribution in [0, 0.1) is 30.4 Å². The summed E-state index contributed by atoms with van der Waals surface area (Å²) in [5.41, 5.74) is 3.56. The summed E-state index contributed by atoms with van der Waals surface area (Å²) in [5, 5.41) is 20.1. The summed E-state index contributed by atoms with van der Waals surface area (Å²) in [6.45, 7) is 6.19. The molecule has 0 bridgehead atoms. The van der Waals surface area contributed by atoms with E-state index >= 15 is 0 Å². The van der Waals surface area contributed by atoms with Crippen molar-refractivity contribution in [1.82, 2.24) is 0 Å². The standard InChI is InChI=1S/C13H17NOS/c1-9(7-16-8-14)4-13-10(2)5-12(15)6-11(13)3/h5-6,9,15H,4,7H2,1-3H3. The molecule has 0 spiro atoms. The number of nitriles is 1. The maximum atomic E-state index is 9.45. The lowest BCUT2D eigenvalue weighted by Crippen LogP contribution is -2.05. The fourth-order valence-electron chi connectivity index (χ4n) is 1.88. The van der Waals surface area contributed by atoms with Gasteiger partial charge in [0, 0.05) is 5.75 Å². The molecule has 0 amide bonds. The van der Waals surface area contributed by atoms with Gasteiger partial charge in [-0.1, -0.05) is 6.92 Å². The van der Waals surface area contributed by atoms with Crippen molar-refractivity contribution in [2.45, 2.75) is 27.2 Å². The van der Waals surface area contributed by atoms with E-state index in [1.807, 2.05) is 13.8 Å². The lowest BCUT2D eigenvalue weighted by molar-refractivity contribution is 0.473. The first-order valence-electron chi connectivity index (χ1n) is 5.34. The molecule has 0 aliphatic carbocycles. The van der Waals surface area contributed by atoms with Crippen molar-refractivity contribution in [3.8, 4) is 11.2 Å². The number of hydrogen-bond donors (Lipinski definition) is 1. The number of aryl methyl sites for hydroxylation is 2. The smallest absolute Gasteiger partial charge is 0.133 e. The second kappa shape index (κ2) is 5.81. The molecule has 1 aromatic carbocycles. The fourth-order valence-corrected chi connectivity index (χ4v) is 2.36. The van der Waals surface area contributed by atoms with E-state index in [9.17, 15) is 5.11 Å². The Morgan fingerprint density at radius 3 is 2.44 bits per heavy atom. The Balaban J connectivity index is 2.78. The van der Waals surface area contributed by atoms with Crippen LogP contribution in [0.25, 0.3) is 0 Å². The van der Waals surface area contributed by atoms with Gasteiger partial charge in [0.05, 0.1) is 0 Å². The summed E-state index contributed by atoms with van der Waals surface area (Å²) in [6.07, 6.45) is 0.965. The topological polar surface area (TPSA) is 44.0 Å². The van der Waals surface area contributed by atoms with Crippen LogP contribution in [0.2, 0.25) is 0 Å². The van der Waals surface area contributed by atoms with Crippen LogP contribution >= 0.6 is 11.8 Å². The van der Waals surface area contributed by atoms with Gasteiger partial charge in [-0.2, -0.15) is 5.26 Å². The average Bonchev–Trinajstić information content (AvgIpc) is 2.20. The monoisotopic (exact) mass is 235 g/mol. The molecule has 0 aliphatic rings. The van der Waals surface area contributed by atoms with Gasteiger partial charge in [0.25, 0.3) is 0 Å². The minimum absolute atomic E-state index is 0.331. The molecule has 0 aliphatic heterocycles. The lowest BCUT2D eigenvalue weighted by atomic mass is 9.94. The summed E-state index contributed by atoms with van der Waals surface area (Å²) < 4.78 is 0. The van der Waals surface area contributed by atoms with Gasteiger partial charge < -0.3 is 5.11 Å². The van der Waals surface area contributed by atoms with Gasteiger partial charge in [0.1, 0.15) is 11.2 Å². The largest absolute Gasteiger partial charge is 0.508 e. The molecule has 2 nitrogen and oxygen atoms in total. The highest BCUT2D eigenvalue weighted by atomic mass is 32.2. The second-order valence-corrected chi connectivity index (χ2v) is 5.07. The Labute approximate surface area is 101 Å². The highest BCUT2D eigenvalue weighted by molar-refractivity contribution is 8.03. The molecule has 1 atom stereocenters. The van der Waals surface area contributed by atoms with Gasteiger partial charge in [-0.3, -0.25) is 0 Å². The number of thioether (sulfide) groups is 1. The van der Waals surface area contributed by atoms with Crippen LogP contribution < -0.4 is 0 Å². The van der Waals surface area contributed by atoms with E-state index < -0.39 is 0 Å². The van der Waals surface area contributed by atoms with Crippen LogP contribution in [0.1, 0.15) is 23.6 Å². The molecule has 0 radical (unpaired) electrons. The number of hydrogen-bond acceptors (Lipinski definition) is 3. The van der Waals surface area contributed by atoms with E-state index in [4.69, 9.17) is 5.26 Å². The molecule has 1 rings (SSSR count). The Hall–Kier alpha value is -1.14. The molecule has 1 aromatic rings. The van der Waals surface area contributed by atoms with E-state index in [-0.39, 0.29) is 0 Å². The maximum Gasteiger partial charge on any atom is 0.133 e. The molecule has 1 unspecified atom stereocenters. The number of benzene rings is 1. The van der Waals surface area contributed by atoms with Gasteiger partial charge in [0.15, 0.2) is 0 Å². The summed E-state index contributed by atoms with van der Waals surface area (Å²) >= 11 is 1.31. The number of phenolic OH excluding ortho intramolecular Hbond substituents is 1. The van der Waals surface area contributed by atoms with Crippen LogP contribution in [0.4, 0.5) is 0 Å². The zero-order chi connectivity index (χ0) is 12.1. The van der Waals surface area contributed by atoms with Crippen LogP contribution in [-0.2, 0) is 6.42 Å². The first kappa shape index (κ1) is 12.9. The van der Waals surface area contributed by atoms with E-state index in [0.29, 0.717) is 11.7 Å². The molecule has 0 saturated carbocycles. The zero-order valence-electron chi connectivity index (χ0n) is 9.95. The summed E-state index contributed by atoms with van der Waals surface area (Å²) in [6, 6.07) is 3.60. The molecule has 0 saturated heterocycles. The molecule has 16 heavy (non-hydrogen) atoms. The van der Waals surface area contributed by atoms with Crippen molar-refractivity contribution in [2.75, 3.05) is 5.75 Å². The van der Waals surface area contributed by atoms with Gasteiger partial charge in [0.2, 0.25) is 0 Å². The highest BCUT2D eigenvalue weighted by Gasteiger charge is 2.09. The van der Waals surface area contributed by atoms with Gasteiger partial charge in [-0.25, -0.2) is 0 Å². The number of rotatable bonds is 4. The van der Waals surface area contributed by atoms with Gasteiger partial charge in [-0.05, 0) is 66.8 Å². The third-order valence-corrected chi connectivity index (χ3v) is 3.53. The van der Waals surface area contributed by atoms with E-state index in [1.54, 1.807) is 12.1 Å². The normalized spacial score (nSPS) is 12.1. The Kier molecular flexibility index (Phi) is 4.70. The minimum atomic E-state index is 0.331. The first-order valence-corrected chi connectivity index (χ1v) is 6.33. The molecular weight excluding hydrogens is 218 g/mol. The van der Waals surface area contributed by atoms with Crippen molar-refractivity contribution in [3.05, 3.63) is 28.8 Å². The molecule has 0 aromatic heterocycles. The zero-order valence-corrected chi connectivity index (χ0v) is 10.8. The van der Waals surface area contributed by atoms with Gasteiger partial charge in [-0.15, -0.1) is 0 Å². The molecule has 3 heteroatoms. The Morgan fingerprint density at radius 1 is 1.38 bits per heavy atom. The first-order chi connectivity index (χ1) is 7.54. The maximum absolute atomic E-state index is 9.45. The number of thiocyanates is 1. The van der Waals surface area contributed by atoms with Crippen LogP contribution in [0.3, 0.4) is 0 Å². The third kappa shape index (κ3) is 3.46.